The van der Waals surface area contributed by atoms with Crippen LogP contribution in [-0.2, 0) is 4.79 Å². The number of aliphatic hydroxyl groups excluding tert-OH is 1. The number of likely N-dealkylation sites (N-methyl/N-ethyl adjacent to an activating group) is 1. The van der Waals surface area contributed by atoms with Crippen molar-refractivity contribution in [1.82, 2.24) is 10.6 Å². The number of hydrogen-bond donors (Lipinski definition) is 3. The monoisotopic (exact) mass is 202 g/mol. The molecule has 0 spiro atoms. The van der Waals surface area contributed by atoms with E-state index in [1.807, 2.05) is 7.05 Å². The third-order valence-corrected chi connectivity index (χ3v) is 2.26. The summed E-state index contributed by atoms with van der Waals surface area (Å²) in [6.07, 6.45) is 3.24. The van der Waals surface area contributed by atoms with Gasteiger partial charge in [0.1, 0.15) is 0 Å². The van der Waals surface area contributed by atoms with Gasteiger partial charge in [-0.2, -0.15) is 0 Å². The third kappa shape index (κ3) is 6.07. The van der Waals surface area contributed by atoms with E-state index in [4.69, 9.17) is 5.11 Å². The smallest absolute Gasteiger partial charge is 0.152 e. The summed E-state index contributed by atoms with van der Waals surface area (Å²) < 4.78 is 0. The van der Waals surface area contributed by atoms with E-state index in [-0.39, 0.29) is 24.9 Å². The fraction of sp³-hybridized carbons (Fsp3) is 0.900. The lowest BCUT2D eigenvalue weighted by molar-refractivity contribution is -0.121. The molecule has 0 radical (unpaired) electrons. The molecular weight excluding hydrogens is 180 g/mol. The molecule has 0 bridgehead atoms. The Kier molecular flexibility index (Phi) is 8.83. The normalized spacial score (nSPS) is 12.8. The number of rotatable bonds is 9. The Bertz CT molecular complexity index is 151. The van der Waals surface area contributed by atoms with Gasteiger partial charge in [-0.05, 0) is 33.5 Å². The molecule has 0 aromatic carbocycles. The van der Waals surface area contributed by atoms with Crippen molar-refractivity contribution in [2.75, 3.05) is 27.2 Å². The van der Waals surface area contributed by atoms with E-state index in [0.29, 0.717) is 0 Å². The average Bonchev–Trinajstić information content (AvgIpc) is 2.18. The molecular formula is C10H22N2O2. The number of aliphatic hydroxyl groups is 1. The maximum absolute atomic E-state index is 11.4. The SMILES string of the molecule is CNCCCC[C@H](NC)C(=O)CCO. The number of nitrogens with one attached hydrogen (secondary N) is 2. The van der Waals surface area contributed by atoms with Crippen molar-refractivity contribution in [3.8, 4) is 0 Å². The van der Waals surface area contributed by atoms with Crippen LogP contribution in [-0.4, -0.2) is 44.2 Å². The maximum Gasteiger partial charge on any atom is 0.152 e. The highest BCUT2D eigenvalue weighted by Crippen LogP contribution is 2.03. The molecule has 0 aliphatic rings. The van der Waals surface area contributed by atoms with Gasteiger partial charge in [-0.15, -0.1) is 0 Å². The van der Waals surface area contributed by atoms with Crippen LogP contribution < -0.4 is 10.6 Å². The molecule has 4 nitrogen and oxygen atoms in total. The van der Waals surface area contributed by atoms with Gasteiger partial charge in [0.2, 0.25) is 0 Å². The third-order valence-electron chi connectivity index (χ3n) is 2.26. The Morgan fingerprint density at radius 2 is 2.07 bits per heavy atom. The fourth-order valence-corrected chi connectivity index (χ4v) is 1.40. The minimum atomic E-state index is -0.0843. The molecule has 84 valence electrons. The summed E-state index contributed by atoms with van der Waals surface area (Å²) in [5.41, 5.74) is 0. The molecule has 0 fully saturated rings. The zero-order valence-electron chi connectivity index (χ0n) is 9.18. The second kappa shape index (κ2) is 9.12. The van der Waals surface area contributed by atoms with E-state index in [9.17, 15) is 4.79 Å². The molecule has 0 rings (SSSR count). The van der Waals surface area contributed by atoms with E-state index in [1.165, 1.54) is 0 Å². The number of hydrogen-bond acceptors (Lipinski definition) is 4. The van der Waals surface area contributed by atoms with Crippen LogP contribution in [0.5, 0.6) is 0 Å². The topological polar surface area (TPSA) is 61.4 Å². The molecule has 0 amide bonds. The van der Waals surface area contributed by atoms with Crippen LogP contribution in [0.4, 0.5) is 0 Å². The number of ketones is 1. The predicted octanol–water partition coefficient (Wildman–Crippen LogP) is -0.0844. The Morgan fingerprint density at radius 1 is 1.36 bits per heavy atom. The van der Waals surface area contributed by atoms with E-state index in [1.54, 1.807) is 7.05 Å². The van der Waals surface area contributed by atoms with E-state index < -0.39 is 0 Å². The fourth-order valence-electron chi connectivity index (χ4n) is 1.40. The van der Waals surface area contributed by atoms with Crippen molar-refractivity contribution in [2.45, 2.75) is 31.7 Å². The first kappa shape index (κ1) is 13.5. The van der Waals surface area contributed by atoms with Crippen LogP contribution in [0.3, 0.4) is 0 Å². The predicted molar refractivity (Wildman–Crippen MR) is 57.3 cm³/mol. The Labute approximate surface area is 86.1 Å². The van der Waals surface area contributed by atoms with Gasteiger partial charge in [0.25, 0.3) is 0 Å². The standard InChI is InChI=1S/C10H22N2O2/c1-11-7-4-3-5-9(12-2)10(14)6-8-13/h9,11-13H,3-8H2,1-2H3/t9-/m0/s1. The zero-order chi connectivity index (χ0) is 10.8. The van der Waals surface area contributed by atoms with E-state index in [2.05, 4.69) is 10.6 Å². The van der Waals surface area contributed by atoms with E-state index >= 15 is 0 Å². The highest BCUT2D eigenvalue weighted by molar-refractivity contribution is 5.83. The molecule has 0 heterocycles. The molecule has 0 saturated carbocycles. The highest BCUT2D eigenvalue weighted by Gasteiger charge is 2.14. The number of carbonyl (C=O) groups excluding carboxylic acids is 1. The van der Waals surface area contributed by atoms with Crippen LogP contribution in [0.15, 0.2) is 0 Å². The minimum Gasteiger partial charge on any atom is -0.396 e. The molecule has 0 saturated heterocycles. The van der Waals surface area contributed by atoms with Gasteiger partial charge in [-0.3, -0.25) is 4.79 Å². The van der Waals surface area contributed by atoms with Crippen LogP contribution >= 0.6 is 0 Å². The lowest BCUT2D eigenvalue weighted by Gasteiger charge is -2.13. The molecule has 0 aliphatic carbocycles. The molecule has 0 unspecified atom stereocenters. The summed E-state index contributed by atoms with van der Waals surface area (Å²) in [6, 6.07) is -0.0843. The Hall–Kier alpha value is -0.450. The number of Topliss-reactive ketones (excluding diaryl/α,β-unsaturated/α-hetero) is 1. The maximum atomic E-state index is 11.4. The van der Waals surface area contributed by atoms with Gasteiger partial charge in [0.15, 0.2) is 5.78 Å². The second-order valence-electron chi connectivity index (χ2n) is 3.38. The first-order chi connectivity index (χ1) is 6.76. The second-order valence-corrected chi connectivity index (χ2v) is 3.38. The number of carbonyl (C=O) groups is 1. The van der Waals surface area contributed by atoms with Crippen molar-refractivity contribution in [1.29, 1.82) is 0 Å². The van der Waals surface area contributed by atoms with Crippen LogP contribution in [0.25, 0.3) is 0 Å². The molecule has 1 atom stereocenters. The molecule has 4 heteroatoms. The quantitative estimate of drug-likeness (QED) is 0.458. The first-order valence-electron chi connectivity index (χ1n) is 5.21. The largest absolute Gasteiger partial charge is 0.396 e. The summed E-state index contributed by atoms with van der Waals surface area (Å²) in [6.45, 7) is 0.943. The molecule has 0 aromatic heterocycles. The van der Waals surface area contributed by atoms with Crippen molar-refractivity contribution < 1.29 is 9.90 Å². The molecule has 0 aliphatic heterocycles. The van der Waals surface area contributed by atoms with Crippen molar-refractivity contribution in [3.63, 3.8) is 0 Å². The van der Waals surface area contributed by atoms with Crippen LogP contribution in [0.1, 0.15) is 25.7 Å². The van der Waals surface area contributed by atoms with E-state index in [0.717, 1.165) is 25.8 Å². The van der Waals surface area contributed by atoms with Gasteiger partial charge in [-0.25, -0.2) is 0 Å². The van der Waals surface area contributed by atoms with Gasteiger partial charge >= 0.3 is 0 Å². The van der Waals surface area contributed by atoms with Crippen molar-refractivity contribution >= 4 is 5.78 Å². The van der Waals surface area contributed by atoms with Gasteiger partial charge < -0.3 is 15.7 Å². The summed E-state index contributed by atoms with van der Waals surface area (Å²) in [7, 11) is 3.71. The van der Waals surface area contributed by atoms with Gasteiger partial charge in [0.05, 0.1) is 12.6 Å². The first-order valence-corrected chi connectivity index (χ1v) is 5.21. The molecule has 3 N–H and O–H groups in total. The summed E-state index contributed by atoms with van der Waals surface area (Å²) in [5.74, 6) is 0.111. The van der Waals surface area contributed by atoms with Crippen molar-refractivity contribution in [3.05, 3.63) is 0 Å². The van der Waals surface area contributed by atoms with Gasteiger partial charge in [0, 0.05) is 6.42 Å². The van der Waals surface area contributed by atoms with Crippen LogP contribution in [0.2, 0.25) is 0 Å². The minimum absolute atomic E-state index is 0.0481. The van der Waals surface area contributed by atoms with Crippen molar-refractivity contribution in [2.24, 2.45) is 0 Å². The summed E-state index contributed by atoms with van der Waals surface area (Å²) in [4.78, 5) is 11.4. The molecule has 0 aromatic rings. The Balaban J connectivity index is 3.62. The molecule has 14 heavy (non-hydrogen) atoms. The summed E-state index contributed by atoms with van der Waals surface area (Å²) in [5, 5.41) is 14.7. The Morgan fingerprint density at radius 3 is 2.57 bits per heavy atom. The lowest BCUT2D eigenvalue weighted by atomic mass is 10.0. The lowest BCUT2D eigenvalue weighted by Crippen LogP contribution is -2.34. The summed E-state index contributed by atoms with van der Waals surface area (Å²) >= 11 is 0. The highest BCUT2D eigenvalue weighted by atomic mass is 16.3. The van der Waals surface area contributed by atoms with Gasteiger partial charge in [-0.1, -0.05) is 6.42 Å². The number of unbranched alkanes of at least 4 members (excludes halogenated alkanes) is 1. The average molecular weight is 202 g/mol. The zero-order valence-corrected chi connectivity index (χ0v) is 9.18. The van der Waals surface area contributed by atoms with Crippen LogP contribution in [0, 0.1) is 0 Å².